The van der Waals surface area contributed by atoms with E-state index in [2.05, 4.69) is 48.5 Å². The van der Waals surface area contributed by atoms with E-state index >= 15 is 0 Å². The first kappa shape index (κ1) is 19.6. The molecule has 0 amide bonds. The highest BCUT2D eigenvalue weighted by Gasteiger charge is 2.32. The molecular formula is C20H25NO3. The van der Waals surface area contributed by atoms with Crippen LogP contribution in [0.1, 0.15) is 27.7 Å². The molecule has 4 heteroatoms. The Bertz CT molecular complexity index is 606. The first-order valence-electron chi connectivity index (χ1n) is 7.75. The van der Waals surface area contributed by atoms with E-state index in [1.54, 1.807) is 20.8 Å². The van der Waals surface area contributed by atoms with E-state index in [9.17, 15) is 9.59 Å². The van der Waals surface area contributed by atoms with Gasteiger partial charge in [0.15, 0.2) is 11.8 Å². The van der Waals surface area contributed by atoms with Crippen molar-refractivity contribution in [2.75, 3.05) is 0 Å². The third kappa shape index (κ3) is 6.75. The van der Waals surface area contributed by atoms with Crippen LogP contribution < -0.4 is 5.73 Å². The molecule has 0 spiro atoms. The molecule has 0 bridgehead atoms. The lowest BCUT2D eigenvalue weighted by Gasteiger charge is -2.24. The summed E-state index contributed by atoms with van der Waals surface area (Å²) in [6.07, 6.45) is 0.376. The maximum atomic E-state index is 11.1. The van der Waals surface area contributed by atoms with E-state index < -0.39 is 17.1 Å². The van der Waals surface area contributed by atoms with Gasteiger partial charge in [0.05, 0.1) is 0 Å². The largest absolute Gasteiger partial charge is 0.458 e. The molecule has 2 rings (SSSR count). The Hall–Kier alpha value is -2.46. The Balaban J connectivity index is 0.000000240. The lowest BCUT2D eigenvalue weighted by atomic mass is 10.1. The van der Waals surface area contributed by atoms with Crippen LogP contribution in [0, 0.1) is 0 Å². The molecule has 2 aromatic carbocycles. The molecule has 2 N–H and O–H groups in total. The maximum absolute atomic E-state index is 11.1. The van der Waals surface area contributed by atoms with Gasteiger partial charge in [-0.2, -0.15) is 0 Å². The number of aldehydes is 1. The number of carbonyl (C=O) groups is 2. The average Bonchev–Trinajstić information content (AvgIpc) is 2.55. The number of esters is 1. The molecule has 1 unspecified atom stereocenters. The smallest absolute Gasteiger partial charge is 0.333 e. The molecule has 0 aromatic heterocycles. The normalized spacial score (nSPS) is 13.0. The number of nitrogens with two attached hydrogens (primary N) is 1. The quantitative estimate of drug-likeness (QED) is 0.531. The van der Waals surface area contributed by atoms with Gasteiger partial charge in [0.25, 0.3) is 0 Å². The van der Waals surface area contributed by atoms with Crippen molar-refractivity contribution in [1.29, 1.82) is 0 Å². The van der Waals surface area contributed by atoms with E-state index in [1.165, 1.54) is 18.1 Å². The Morgan fingerprint density at radius 1 is 0.875 bits per heavy atom. The minimum atomic E-state index is -1.53. The van der Waals surface area contributed by atoms with Crippen LogP contribution in [0.15, 0.2) is 60.7 Å². The number of hydrogen-bond acceptors (Lipinski definition) is 4. The van der Waals surface area contributed by atoms with E-state index in [0.717, 1.165) is 0 Å². The van der Waals surface area contributed by atoms with Gasteiger partial charge < -0.3 is 15.3 Å². The van der Waals surface area contributed by atoms with Crippen LogP contribution in [0.5, 0.6) is 0 Å². The van der Waals surface area contributed by atoms with E-state index in [-0.39, 0.29) is 0 Å². The summed E-state index contributed by atoms with van der Waals surface area (Å²) in [5.41, 5.74) is 5.73. The molecule has 0 aliphatic heterocycles. The van der Waals surface area contributed by atoms with Crippen molar-refractivity contribution in [2.45, 2.75) is 38.8 Å². The van der Waals surface area contributed by atoms with Crippen LogP contribution >= 0.6 is 0 Å². The van der Waals surface area contributed by atoms with Crippen LogP contribution in [0.25, 0.3) is 11.1 Å². The second-order valence-corrected chi connectivity index (χ2v) is 6.63. The van der Waals surface area contributed by atoms with Crippen molar-refractivity contribution in [3.63, 3.8) is 0 Å². The molecular weight excluding hydrogens is 302 g/mol. The highest BCUT2D eigenvalue weighted by Crippen LogP contribution is 2.17. The predicted molar refractivity (Wildman–Crippen MR) is 96.4 cm³/mol. The SMILES string of the molecule is CC(C)(C)OC(=O)C(C)(N)C=O.c1ccc(-c2ccccc2)cc1. The summed E-state index contributed by atoms with van der Waals surface area (Å²) in [6.45, 7) is 6.46. The molecule has 2 aromatic rings. The summed E-state index contributed by atoms with van der Waals surface area (Å²) < 4.78 is 4.90. The molecule has 0 aliphatic carbocycles. The van der Waals surface area contributed by atoms with Crippen LogP contribution in [0.3, 0.4) is 0 Å². The lowest BCUT2D eigenvalue weighted by Crippen LogP contribution is -2.49. The molecule has 0 heterocycles. The van der Waals surface area contributed by atoms with Gasteiger partial charge >= 0.3 is 5.97 Å². The molecule has 0 saturated carbocycles. The van der Waals surface area contributed by atoms with Crippen molar-refractivity contribution in [3.05, 3.63) is 60.7 Å². The second-order valence-electron chi connectivity index (χ2n) is 6.63. The third-order valence-electron chi connectivity index (χ3n) is 2.96. The van der Waals surface area contributed by atoms with Crippen LogP contribution in [-0.2, 0) is 14.3 Å². The van der Waals surface area contributed by atoms with Crippen molar-refractivity contribution in [1.82, 2.24) is 0 Å². The zero-order chi connectivity index (χ0) is 18.2. The van der Waals surface area contributed by atoms with Gasteiger partial charge in [0, 0.05) is 0 Å². The van der Waals surface area contributed by atoms with Crippen molar-refractivity contribution < 1.29 is 14.3 Å². The summed E-state index contributed by atoms with van der Waals surface area (Å²) in [5, 5.41) is 0. The first-order chi connectivity index (χ1) is 11.2. The molecule has 4 nitrogen and oxygen atoms in total. The second kappa shape index (κ2) is 8.41. The zero-order valence-electron chi connectivity index (χ0n) is 14.7. The zero-order valence-corrected chi connectivity index (χ0v) is 14.7. The standard InChI is InChI=1S/C12H10.C8H15NO3/c1-3-7-11(8-4-1)12-9-5-2-6-10-12;1-7(2,3)12-6(11)8(4,9)5-10/h1-10H;5H,9H2,1-4H3. The first-order valence-corrected chi connectivity index (χ1v) is 7.75. The Morgan fingerprint density at radius 2 is 1.25 bits per heavy atom. The van der Waals surface area contributed by atoms with Gasteiger partial charge in [-0.05, 0) is 38.8 Å². The third-order valence-corrected chi connectivity index (χ3v) is 2.96. The Kier molecular flexibility index (Phi) is 6.86. The fourth-order valence-electron chi connectivity index (χ4n) is 1.70. The summed E-state index contributed by atoms with van der Waals surface area (Å²) in [6, 6.07) is 20.8. The molecule has 1 atom stereocenters. The van der Waals surface area contributed by atoms with Gasteiger partial charge in [0.1, 0.15) is 5.60 Å². The van der Waals surface area contributed by atoms with Gasteiger partial charge in [-0.3, -0.25) is 0 Å². The summed E-state index contributed by atoms with van der Waals surface area (Å²) in [5.74, 6) is -0.704. The fourth-order valence-corrected chi connectivity index (χ4v) is 1.70. The Morgan fingerprint density at radius 3 is 1.54 bits per heavy atom. The maximum Gasteiger partial charge on any atom is 0.333 e. The molecule has 24 heavy (non-hydrogen) atoms. The number of ether oxygens (including phenoxy) is 1. The van der Waals surface area contributed by atoms with E-state index in [4.69, 9.17) is 10.5 Å². The molecule has 128 valence electrons. The minimum Gasteiger partial charge on any atom is -0.458 e. The molecule has 0 aliphatic rings. The highest BCUT2D eigenvalue weighted by atomic mass is 16.6. The summed E-state index contributed by atoms with van der Waals surface area (Å²) in [4.78, 5) is 21.5. The number of carbonyl (C=O) groups excluding carboxylic acids is 2. The fraction of sp³-hybridized carbons (Fsp3) is 0.300. The number of hydrogen-bond donors (Lipinski definition) is 1. The van der Waals surface area contributed by atoms with Gasteiger partial charge in [0.2, 0.25) is 0 Å². The average molecular weight is 327 g/mol. The van der Waals surface area contributed by atoms with Crippen molar-refractivity contribution >= 4 is 12.3 Å². The van der Waals surface area contributed by atoms with Crippen LogP contribution in [0.4, 0.5) is 0 Å². The monoisotopic (exact) mass is 327 g/mol. The van der Waals surface area contributed by atoms with E-state index in [1.807, 2.05) is 12.1 Å². The topological polar surface area (TPSA) is 69.4 Å². The van der Waals surface area contributed by atoms with Crippen LogP contribution in [0.2, 0.25) is 0 Å². The van der Waals surface area contributed by atoms with Crippen LogP contribution in [-0.4, -0.2) is 23.4 Å². The molecule has 0 fully saturated rings. The number of rotatable bonds is 3. The predicted octanol–water partition coefficient (Wildman–Crippen LogP) is 3.60. The van der Waals surface area contributed by atoms with Gasteiger partial charge in [-0.25, -0.2) is 4.79 Å². The minimum absolute atomic E-state index is 0.376. The van der Waals surface area contributed by atoms with E-state index in [0.29, 0.717) is 6.29 Å². The number of benzene rings is 2. The van der Waals surface area contributed by atoms with Gasteiger partial charge in [-0.15, -0.1) is 0 Å². The highest BCUT2D eigenvalue weighted by molar-refractivity contribution is 5.97. The van der Waals surface area contributed by atoms with Crippen molar-refractivity contribution in [3.8, 4) is 11.1 Å². The Labute approximate surface area is 143 Å². The summed E-state index contributed by atoms with van der Waals surface area (Å²) in [7, 11) is 0. The summed E-state index contributed by atoms with van der Waals surface area (Å²) >= 11 is 0. The van der Waals surface area contributed by atoms with Crippen molar-refractivity contribution in [2.24, 2.45) is 5.73 Å². The molecule has 0 saturated heterocycles. The molecule has 0 radical (unpaired) electrons. The lowest BCUT2D eigenvalue weighted by molar-refractivity contribution is -0.161. The van der Waals surface area contributed by atoms with Gasteiger partial charge in [-0.1, -0.05) is 60.7 Å².